The molecule has 3 aliphatic carbocycles. The summed E-state index contributed by atoms with van der Waals surface area (Å²) in [5.74, 6) is 0.881. The lowest BCUT2D eigenvalue weighted by molar-refractivity contribution is 0.0531. The Labute approximate surface area is 90.9 Å². The van der Waals surface area contributed by atoms with Gasteiger partial charge in [-0.25, -0.2) is 0 Å². The maximum absolute atomic E-state index is 12.2. The molecule has 0 heterocycles. The third-order valence-electron chi connectivity index (χ3n) is 3.40. The van der Waals surface area contributed by atoms with Crippen LogP contribution in [0.4, 0.5) is 0 Å². The van der Waals surface area contributed by atoms with E-state index in [4.69, 9.17) is 11.6 Å². The van der Waals surface area contributed by atoms with Gasteiger partial charge in [-0.1, -0.05) is 11.6 Å². The first-order chi connectivity index (χ1) is 6.70. The Balaban J connectivity index is 1.88. The van der Waals surface area contributed by atoms with Crippen LogP contribution in [0.1, 0.15) is 19.3 Å². The van der Waals surface area contributed by atoms with Gasteiger partial charge in [-0.15, -0.1) is 0 Å². The molecule has 0 radical (unpaired) electrons. The van der Waals surface area contributed by atoms with Gasteiger partial charge >= 0.3 is 0 Å². The van der Waals surface area contributed by atoms with Gasteiger partial charge < -0.3 is 0 Å². The van der Waals surface area contributed by atoms with E-state index in [2.05, 4.69) is 0 Å². The number of hydrogen-bond donors (Lipinski definition) is 0. The second kappa shape index (κ2) is 2.83. The minimum Gasteiger partial charge on any atom is -0.254 e. The van der Waals surface area contributed by atoms with Crippen molar-refractivity contribution in [3.8, 4) is 0 Å². The Kier molecular flexibility index (Phi) is 1.80. The zero-order chi connectivity index (χ0) is 9.76. The van der Waals surface area contributed by atoms with Gasteiger partial charge in [-0.2, -0.15) is 0 Å². The molecule has 0 saturated heterocycles. The van der Waals surface area contributed by atoms with E-state index < -0.39 is 10.8 Å². The van der Waals surface area contributed by atoms with Gasteiger partial charge in [-0.3, -0.25) is 4.21 Å². The van der Waals surface area contributed by atoms with E-state index in [-0.39, 0.29) is 4.75 Å². The van der Waals surface area contributed by atoms with E-state index in [1.807, 2.05) is 24.3 Å². The fourth-order valence-corrected chi connectivity index (χ4v) is 4.60. The van der Waals surface area contributed by atoms with Gasteiger partial charge in [0.05, 0.1) is 15.5 Å². The molecular weight excluding hydrogens is 216 g/mol. The number of hydrogen-bond acceptors (Lipinski definition) is 1. The first-order valence-corrected chi connectivity index (χ1v) is 6.40. The lowest BCUT2D eigenvalue weighted by Gasteiger charge is -2.60. The summed E-state index contributed by atoms with van der Waals surface area (Å²) in [4.78, 5) is 0.938. The van der Waals surface area contributed by atoms with Crippen LogP contribution in [-0.4, -0.2) is 8.96 Å². The first kappa shape index (κ1) is 8.93. The molecule has 3 aliphatic rings. The Bertz CT molecular complexity index is 381. The molecule has 3 fully saturated rings. The van der Waals surface area contributed by atoms with Gasteiger partial charge in [0.25, 0.3) is 0 Å². The summed E-state index contributed by atoms with van der Waals surface area (Å²) in [7, 11) is -0.808. The lowest BCUT2D eigenvalue weighted by atomic mass is 9.55. The zero-order valence-corrected chi connectivity index (χ0v) is 9.27. The predicted octanol–water partition coefficient (Wildman–Crippen LogP) is 3.00. The van der Waals surface area contributed by atoms with Crippen LogP contribution in [0.15, 0.2) is 29.2 Å². The summed E-state index contributed by atoms with van der Waals surface area (Å²) >= 11 is 5.79. The molecule has 0 amide bonds. The highest BCUT2D eigenvalue weighted by atomic mass is 35.5. The SMILES string of the molecule is O=S(c1ccc(Cl)cc1)C12CC(C1)C2. The smallest absolute Gasteiger partial charge is 0.0592 e. The number of benzene rings is 1. The van der Waals surface area contributed by atoms with Crippen molar-refractivity contribution in [2.75, 3.05) is 0 Å². The molecule has 1 atom stereocenters. The van der Waals surface area contributed by atoms with Crippen LogP contribution in [0, 0.1) is 5.92 Å². The van der Waals surface area contributed by atoms with Crippen molar-refractivity contribution in [1.29, 1.82) is 0 Å². The average Bonchev–Trinajstić information content (AvgIpc) is 1.99. The summed E-state index contributed by atoms with van der Waals surface area (Å²) in [6.45, 7) is 0. The Hall–Kier alpha value is -0.340. The normalized spacial score (nSPS) is 35.6. The third kappa shape index (κ3) is 1.10. The van der Waals surface area contributed by atoms with Crippen LogP contribution in [-0.2, 0) is 10.8 Å². The minimum atomic E-state index is -0.808. The highest BCUT2D eigenvalue weighted by molar-refractivity contribution is 7.86. The quantitative estimate of drug-likeness (QED) is 0.758. The topological polar surface area (TPSA) is 17.1 Å². The van der Waals surface area contributed by atoms with Gasteiger partial charge in [0.2, 0.25) is 0 Å². The van der Waals surface area contributed by atoms with Gasteiger partial charge in [-0.05, 0) is 49.4 Å². The number of halogens is 1. The average molecular weight is 227 g/mol. The molecule has 1 unspecified atom stereocenters. The Morgan fingerprint density at radius 3 is 2.21 bits per heavy atom. The molecule has 0 spiro atoms. The van der Waals surface area contributed by atoms with Crippen LogP contribution in [0.3, 0.4) is 0 Å². The largest absolute Gasteiger partial charge is 0.254 e. The second-order valence-electron chi connectivity index (χ2n) is 4.38. The molecule has 4 rings (SSSR count). The second-order valence-corrected chi connectivity index (χ2v) is 6.70. The zero-order valence-electron chi connectivity index (χ0n) is 7.70. The van der Waals surface area contributed by atoms with Crippen molar-refractivity contribution in [3.63, 3.8) is 0 Å². The Morgan fingerprint density at radius 2 is 1.79 bits per heavy atom. The molecule has 1 nitrogen and oxygen atoms in total. The van der Waals surface area contributed by atoms with E-state index in [9.17, 15) is 4.21 Å². The van der Waals surface area contributed by atoms with E-state index in [0.29, 0.717) is 5.02 Å². The standard InChI is InChI=1S/C11H11ClOS/c12-9-1-3-10(4-2-9)14(13)11-5-8(6-11)7-11/h1-4,8H,5-7H2. The first-order valence-electron chi connectivity index (χ1n) is 4.87. The molecule has 1 aromatic carbocycles. The van der Waals surface area contributed by atoms with Crippen LogP contribution in [0.5, 0.6) is 0 Å². The Morgan fingerprint density at radius 1 is 1.21 bits per heavy atom. The highest BCUT2D eigenvalue weighted by Crippen LogP contribution is 2.61. The molecule has 14 heavy (non-hydrogen) atoms. The molecule has 2 bridgehead atoms. The van der Waals surface area contributed by atoms with Gasteiger partial charge in [0.1, 0.15) is 0 Å². The summed E-state index contributed by atoms with van der Waals surface area (Å²) in [5.41, 5.74) is 0. The molecular formula is C11H11ClOS. The fourth-order valence-electron chi connectivity index (χ4n) is 2.43. The highest BCUT2D eigenvalue weighted by Gasteiger charge is 2.60. The summed E-state index contributed by atoms with van der Waals surface area (Å²) in [6, 6.07) is 7.41. The predicted molar refractivity (Wildman–Crippen MR) is 57.9 cm³/mol. The van der Waals surface area contributed by atoms with Crippen molar-refractivity contribution in [1.82, 2.24) is 0 Å². The van der Waals surface area contributed by atoms with Crippen molar-refractivity contribution >= 4 is 22.4 Å². The maximum Gasteiger partial charge on any atom is 0.0592 e. The van der Waals surface area contributed by atoms with Crippen molar-refractivity contribution in [3.05, 3.63) is 29.3 Å². The van der Waals surface area contributed by atoms with Gasteiger partial charge in [0, 0.05) is 9.92 Å². The molecule has 0 N–H and O–H groups in total. The van der Waals surface area contributed by atoms with Crippen molar-refractivity contribution in [2.24, 2.45) is 5.92 Å². The van der Waals surface area contributed by atoms with E-state index in [1.165, 1.54) is 19.3 Å². The summed E-state index contributed by atoms with van der Waals surface area (Å²) < 4.78 is 12.3. The maximum atomic E-state index is 12.2. The molecule has 0 aliphatic heterocycles. The van der Waals surface area contributed by atoms with E-state index in [1.54, 1.807) is 0 Å². The molecule has 1 aromatic rings. The molecule has 0 aromatic heterocycles. The van der Waals surface area contributed by atoms with Crippen LogP contribution in [0.2, 0.25) is 5.02 Å². The minimum absolute atomic E-state index is 0.151. The molecule has 74 valence electrons. The monoisotopic (exact) mass is 226 g/mol. The fraction of sp³-hybridized carbons (Fsp3) is 0.455. The summed E-state index contributed by atoms with van der Waals surface area (Å²) in [5, 5.41) is 0.711. The molecule has 3 heteroatoms. The van der Waals surface area contributed by atoms with Crippen LogP contribution >= 0.6 is 11.6 Å². The van der Waals surface area contributed by atoms with Crippen molar-refractivity contribution < 1.29 is 4.21 Å². The lowest BCUT2D eigenvalue weighted by Crippen LogP contribution is -2.60. The van der Waals surface area contributed by atoms with Crippen molar-refractivity contribution in [2.45, 2.75) is 28.9 Å². The van der Waals surface area contributed by atoms with Crippen LogP contribution in [0.25, 0.3) is 0 Å². The van der Waals surface area contributed by atoms with Gasteiger partial charge in [0.15, 0.2) is 0 Å². The van der Waals surface area contributed by atoms with Crippen LogP contribution < -0.4 is 0 Å². The van der Waals surface area contributed by atoms with E-state index in [0.717, 1.165) is 10.8 Å². The van der Waals surface area contributed by atoms with E-state index >= 15 is 0 Å². The molecule has 3 saturated carbocycles. The third-order valence-corrected chi connectivity index (χ3v) is 5.64. The summed E-state index contributed by atoms with van der Waals surface area (Å²) in [6.07, 6.45) is 3.51. The number of rotatable bonds is 2.